The number of carbonyl (C=O) groups is 1. The average molecular weight is 320 g/mol. The van der Waals surface area contributed by atoms with Gasteiger partial charge in [0.25, 0.3) is 0 Å². The molecule has 9 nitrogen and oxygen atoms in total. The van der Waals surface area contributed by atoms with E-state index in [9.17, 15) is 14.9 Å². The molecule has 0 radical (unpaired) electrons. The molecule has 0 aliphatic heterocycles. The first-order valence-corrected chi connectivity index (χ1v) is 7.30. The molecule has 124 valence electrons. The number of amides is 1. The average Bonchev–Trinajstić information content (AvgIpc) is 3.03. The minimum absolute atomic E-state index is 0.225. The summed E-state index contributed by atoms with van der Waals surface area (Å²) in [7, 11) is 1.84. The molecule has 0 aliphatic carbocycles. The number of hydrogen-bond donors (Lipinski definition) is 1. The van der Waals surface area contributed by atoms with Crippen LogP contribution in [0.5, 0.6) is 0 Å². The standard InChI is InChI=1S/C14H20N6O3/c1-5-12(19-9(2)6-13(17-19)20(22)23)14(21)15-7-11-8-16-18(4)10(11)3/h6,8,12H,5,7H2,1-4H3,(H,15,21). The van der Waals surface area contributed by atoms with Gasteiger partial charge in [-0.15, -0.1) is 0 Å². The van der Waals surface area contributed by atoms with Crippen LogP contribution in [0, 0.1) is 24.0 Å². The van der Waals surface area contributed by atoms with Gasteiger partial charge in [-0.25, -0.2) is 0 Å². The van der Waals surface area contributed by atoms with Gasteiger partial charge in [0.15, 0.2) is 6.04 Å². The zero-order chi connectivity index (χ0) is 17.1. The van der Waals surface area contributed by atoms with E-state index >= 15 is 0 Å². The van der Waals surface area contributed by atoms with Gasteiger partial charge in [-0.05, 0) is 25.2 Å². The van der Waals surface area contributed by atoms with E-state index in [0.717, 1.165) is 11.3 Å². The van der Waals surface area contributed by atoms with Crippen LogP contribution in [0.15, 0.2) is 12.3 Å². The molecule has 0 spiro atoms. The fourth-order valence-corrected chi connectivity index (χ4v) is 2.36. The van der Waals surface area contributed by atoms with E-state index in [2.05, 4.69) is 15.5 Å². The van der Waals surface area contributed by atoms with Crippen LogP contribution in [0.2, 0.25) is 0 Å². The number of nitro groups is 1. The summed E-state index contributed by atoms with van der Waals surface area (Å²) in [5.41, 5.74) is 2.49. The second-order valence-corrected chi connectivity index (χ2v) is 5.37. The van der Waals surface area contributed by atoms with Crippen LogP contribution in [0.4, 0.5) is 5.82 Å². The lowest BCUT2D eigenvalue weighted by molar-refractivity contribution is -0.389. The molecule has 2 aromatic heterocycles. The molecule has 2 rings (SSSR count). The maximum atomic E-state index is 12.4. The molecule has 1 amide bonds. The van der Waals surface area contributed by atoms with Crippen molar-refractivity contribution in [2.45, 2.75) is 39.8 Å². The predicted molar refractivity (Wildman–Crippen MR) is 82.7 cm³/mol. The smallest absolute Gasteiger partial charge is 0.358 e. The van der Waals surface area contributed by atoms with Gasteiger partial charge in [0.2, 0.25) is 5.91 Å². The lowest BCUT2D eigenvalue weighted by Gasteiger charge is -2.14. The summed E-state index contributed by atoms with van der Waals surface area (Å²) in [5, 5.41) is 21.7. The quantitative estimate of drug-likeness (QED) is 0.639. The number of hydrogen-bond acceptors (Lipinski definition) is 5. The highest BCUT2D eigenvalue weighted by molar-refractivity contribution is 5.80. The molecule has 0 aliphatic rings. The van der Waals surface area contributed by atoms with Crippen LogP contribution < -0.4 is 5.32 Å². The molecule has 1 unspecified atom stereocenters. The van der Waals surface area contributed by atoms with Crippen LogP contribution in [0.1, 0.15) is 36.3 Å². The van der Waals surface area contributed by atoms with Crippen molar-refractivity contribution in [1.29, 1.82) is 0 Å². The van der Waals surface area contributed by atoms with Gasteiger partial charge in [-0.2, -0.15) is 9.78 Å². The first-order valence-electron chi connectivity index (χ1n) is 7.30. The van der Waals surface area contributed by atoms with Crippen molar-refractivity contribution in [3.05, 3.63) is 39.3 Å². The zero-order valence-electron chi connectivity index (χ0n) is 13.6. The number of nitrogens with one attached hydrogen (secondary N) is 1. The number of nitrogens with zero attached hydrogens (tertiary/aromatic N) is 5. The van der Waals surface area contributed by atoms with E-state index in [4.69, 9.17) is 0 Å². The Kier molecular flexibility index (Phi) is 4.77. The third-order valence-corrected chi connectivity index (χ3v) is 3.87. The summed E-state index contributed by atoms with van der Waals surface area (Å²) in [6, 6.07) is 0.780. The second-order valence-electron chi connectivity index (χ2n) is 5.37. The third kappa shape index (κ3) is 3.38. The highest BCUT2D eigenvalue weighted by Gasteiger charge is 2.26. The molecule has 0 bridgehead atoms. The molecule has 0 saturated heterocycles. The maximum absolute atomic E-state index is 12.4. The molecular formula is C14H20N6O3. The topological polar surface area (TPSA) is 108 Å². The van der Waals surface area contributed by atoms with E-state index < -0.39 is 11.0 Å². The number of rotatable bonds is 6. The largest absolute Gasteiger partial charge is 0.390 e. The third-order valence-electron chi connectivity index (χ3n) is 3.87. The lowest BCUT2D eigenvalue weighted by Crippen LogP contribution is -2.33. The Morgan fingerprint density at radius 3 is 2.65 bits per heavy atom. The molecule has 2 aromatic rings. The predicted octanol–water partition coefficient (Wildman–Crippen LogP) is 1.41. The van der Waals surface area contributed by atoms with Crippen molar-refractivity contribution in [3.8, 4) is 0 Å². The normalized spacial score (nSPS) is 12.2. The van der Waals surface area contributed by atoms with Crippen LogP contribution in [0.25, 0.3) is 0 Å². The number of aryl methyl sites for hydroxylation is 2. The van der Waals surface area contributed by atoms with Crippen LogP contribution >= 0.6 is 0 Å². The fourth-order valence-electron chi connectivity index (χ4n) is 2.36. The Morgan fingerprint density at radius 1 is 1.48 bits per heavy atom. The Bertz CT molecular complexity index is 733. The second kappa shape index (κ2) is 6.59. The molecule has 0 saturated carbocycles. The van der Waals surface area contributed by atoms with Crippen LogP contribution in [-0.4, -0.2) is 30.4 Å². The van der Waals surface area contributed by atoms with Crippen LogP contribution in [0.3, 0.4) is 0 Å². The first kappa shape index (κ1) is 16.7. The Labute approximate surface area is 133 Å². The Morgan fingerprint density at radius 2 is 2.17 bits per heavy atom. The van der Waals surface area contributed by atoms with Crippen molar-refractivity contribution in [2.75, 3.05) is 0 Å². The molecular weight excluding hydrogens is 300 g/mol. The molecule has 1 N–H and O–H groups in total. The minimum Gasteiger partial charge on any atom is -0.358 e. The van der Waals surface area contributed by atoms with E-state index in [1.807, 2.05) is 20.9 Å². The summed E-state index contributed by atoms with van der Waals surface area (Å²) in [4.78, 5) is 22.7. The van der Waals surface area contributed by atoms with E-state index in [1.165, 1.54) is 10.7 Å². The number of aromatic nitrogens is 4. The summed E-state index contributed by atoms with van der Waals surface area (Å²) >= 11 is 0. The maximum Gasteiger partial charge on any atom is 0.390 e. The summed E-state index contributed by atoms with van der Waals surface area (Å²) in [6.45, 7) is 5.82. The van der Waals surface area contributed by atoms with Gasteiger partial charge in [0, 0.05) is 24.8 Å². The molecule has 9 heteroatoms. The van der Waals surface area contributed by atoms with Crippen LogP contribution in [-0.2, 0) is 18.4 Å². The lowest BCUT2D eigenvalue weighted by atomic mass is 10.2. The fraction of sp³-hybridized carbons (Fsp3) is 0.500. The van der Waals surface area contributed by atoms with Crippen molar-refractivity contribution in [3.63, 3.8) is 0 Å². The van der Waals surface area contributed by atoms with Gasteiger partial charge < -0.3 is 15.4 Å². The van der Waals surface area contributed by atoms with Crippen molar-refractivity contribution in [2.24, 2.45) is 7.05 Å². The van der Waals surface area contributed by atoms with Gasteiger partial charge in [-0.3, -0.25) is 9.48 Å². The molecule has 2 heterocycles. The highest BCUT2D eigenvalue weighted by atomic mass is 16.6. The minimum atomic E-state index is -0.583. The zero-order valence-corrected chi connectivity index (χ0v) is 13.6. The summed E-state index contributed by atoms with van der Waals surface area (Å²) < 4.78 is 3.14. The first-order chi connectivity index (χ1) is 10.8. The van der Waals surface area contributed by atoms with Crippen molar-refractivity contribution < 1.29 is 9.72 Å². The Balaban J connectivity index is 2.12. The van der Waals surface area contributed by atoms with Gasteiger partial charge in [-0.1, -0.05) is 6.92 Å². The van der Waals surface area contributed by atoms with Gasteiger partial charge in [0.05, 0.1) is 23.1 Å². The number of carbonyl (C=O) groups excluding carboxylic acids is 1. The summed E-state index contributed by atoms with van der Waals surface area (Å²) in [6.07, 6.45) is 2.19. The van der Waals surface area contributed by atoms with Gasteiger partial charge >= 0.3 is 5.82 Å². The van der Waals surface area contributed by atoms with Crippen molar-refractivity contribution in [1.82, 2.24) is 24.9 Å². The monoisotopic (exact) mass is 320 g/mol. The molecule has 23 heavy (non-hydrogen) atoms. The van der Waals surface area contributed by atoms with E-state index in [1.54, 1.807) is 17.8 Å². The molecule has 0 fully saturated rings. The van der Waals surface area contributed by atoms with E-state index in [-0.39, 0.29) is 11.7 Å². The van der Waals surface area contributed by atoms with E-state index in [0.29, 0.717) is 18.7 Å². The SMILES string of the molecule is CCC(C(=O)NCc1cnn(C)c1C)n1nc([N+](=O)[O-])cc1C. The Hall–Kier alpha value is -2.71. The highest BCUT2D eigenvalue weighted by Crippen LogP contribution is 2.19. The van der Waals surface area contributed by atoms with Crippen molar-refractivity contribution >= 4 is 11.7 Å². The summed E-state index contributed by atoms with van der Waals surface area (Å²) in [5.74, 6) is -0.478. The molecule has 0 aromatic carbocycles. The molecule has 1 atom stereocenters. The van der Waals surface area contributed by atoms with Gasteiger partial charge in [0.1, 0.15) is 0 Å².